The first-order chi connectivity index (χ1) is 15.5. The molecule has 2 aromatic carbocycles. The van der Waals surface area contributed by atoms with Crippen LogP contribution in [0.2, 0.25) is 0 Å². The second-order valence-electron chi connectivity index (χ2n) is 8.53. The fourth-order valence-electron chi connectivity index (χ4n) is 4.54. The summed E-state index contributed by atoms with van der Waals surface area (Å²) in [6, 6.07) is 21.3. The Kier molecular flexibility index (Phi) is 10.9. The molecule has 174 valence electrons. The van der Waals surface area contributed by atoms with E-state index in [1.807, 2.05) is 0 Å². The molecule has 0 nitrogen and oxygen atoms in total. The van der Waals surface area contributed by atoms with E-state index in [2.05, 4.69) is 113 Å². The smallest absolute Gasteiger partial charge is 1.00 e. The average Bonchev–Trinajstić information content (AvgIpc) is 3.53. The number of benzene rings is 2. The monoisotopic (exact) mass is 608 g/mol. The molecule has 0 aromatic heterocycles. The summed E-state index contributed by atoms with van der Waals surface area (Å²) in [5.74, 6) is 0. The molecule has 0 fully saturated rings. The van der Waals surface area contributed by atoms with Crippen LogP contribution in [-0.4, -0.2) is 10.6 Å². The Morgan fingerprint density at radius 1 is 0.457 bits per heavy atom. The summed E-state index contributed by atoms with van der Waals surface area (Å²) in [5, 5.41) is 5.89. The summed E-state index contributed by atoms with van der Waals surface area (Å²) in [5.41, 5.74) is 11.1. The molecule has 4 aliphatic rings. The number of hydrogen-bond donors (Lipinski definition) is 0. The van der Waals surface area contributed by atoms with Crippen LogP contribution in [0.1, 0.15) is 38.8 Å². The summed E-state index contributed by atoms with van der Waals surface area (Å²) in [7, 11) is 2.77. The van der Waals surface area contributed by atoms with Crippen LogP contribution in [0.25, 0.3) is 11.1 Å². The van der Waals surface area contributed by atoms with Gasteiger partial charge in [-0.1, -0.05) is 77.1 Å². The fraction of sp³-hybridized carbons (Fsp3) is 0.133. The zero-order chi connectivity index (χ0) is 22.2. The molecule has 0 radical (unpaired) electrons. The first-order valence-corrected chi connectivity index (χ1v) is 12.8. The largest absolute Gasteiger partial charge is 2.00 e. The van der Waals surface area contributed by atoms with E-state index >= 15 is 0 Å². The minimum Gasteiger partial charge on any atom is -1.00 e. The predicted octanol–water partition coefficient (Wildman–Crippen LogP) is 2.88. The van der Waals surface area contributed by atoms with E-state index in [1.165, 1.54) is 82.2 Å². The van der Waals surface area contributed by atoms with Crippen molar-refractivity contribution >= 4 is 38.1 Å². The summed E-state index contributed by atoms with van der Waals surface area (Å²) in [6.45, 7) is 8.83. The van der Waals surface area contributed by atoms with E-state index in [4.69, 9.17) is 0 Å². The first kappa shape index (κ1) is 29.9. The molecule has 0 spiro atoms. The van der Waals surface area contributed by atoms with Gasteiger partial charge >= 0.3 is 26.2 Å². The predicted molar refractivity (Wildman–Crippen MR) is 146 cm³/mol. The van der Waals surface area contributed by atoms with Crippen LogP contribution in [0.3, 0.4) is 0 Å². The molecule has 2 aromatic rings. The third-order valence-corrected chi connectivity index (χ3v) is 8.61. The van der Waals surface area contributed by atoms with Crippen molar-refractivity contribution in [2.24, 2.45) is 0 Å². The van der Waals surface area contributed by atoms with Gasteiger partial charge < -0.3 is 24.8 Å². The van der Waals surface area contributed by atoms with Gasteiger partial charge in [0.15, 0.2) is 0 Å². The zero-order valence-corrected chi connectivity index (χ0v) is 26.0. The molecule has 0 atom stereocenters. The Balaban J connectivity index is 0.000000227. The van der Waals surface area contributed by atoms with Crippen molar-refractivity contribution in [3.63, 3.8) is 0 Å². The Morgan fingerprint density at radius 2 is 0.800 bits per heavy atom. The normalized spacial score (nSPS) is 17.6. The molecule has 35 heavy (non-hydrogen) atoms. The van der Waals surface area contributed by atoms with Crippen LogP contribution in [0.15, 0.2) is 118 Å². The van der Waals surface area contributed by atoms with E-state index in [-0.39, 0.29) is 51.0 Å². The molecule has 5 heteroatoms. The van der Waals surface area contributed by atoms with Crippen molar-refractivity contribution in [3.05, 3.63) is 129 Å². The molecular formula is C30H26Cl2P2Zr. The fourth-order valence-corrected chi connectivity index (χ4v) is 6.73. The van der Waals surface area contributed by atoms with Gasteiger partial charge in [0, 0.05) is 10.6 Å². The molecule has 6 rings (SSSR count). The van der Waals surface area contributed by atoms with Gasteiger partial charge in [-0.15, -0.1) is 0 Å². The van der Waals surface area contributed by atoms with Gasteiger partial charge in [-0.2, -0.15) is 0 Å². The van der Waals surface area contributed by atoms with Gasteiger partial charge in [-0.3, -0.25) is 0 Å². The standard InChI is InChI=1S/2C15H13P.2ClH.Zr/c2*1-10-8-13(12-6-4-3-5-7-12)14-9-11(2)16-15(10)14;;;/h2*3-9H,1-2H3;2*1H;/q;;;;+2/p-2. The molecular weight excluding hydrogens is 584 g/mol. The zero-order valence-electron chi connectivity index (χ0n) is 20.2. The van der Waals surface area contributed by atoms with Crippen LogP contribution in [0.4, 0.5) is 0 Å². The van der Waals surface area contributed by atoms with E-state index in [9.17, 15) is 0 Å². The Morgan fingerprint density at radius 3 is 1.14 bits per heavy atom. The topological polar surface area (TPSA) is 0 Å². The maximum Gasteiger partial charge on any atom is 2.00 e. The molecule has 2 aliphatic carbocycles. The SMILES string of the molecule is CC1=PC2=C(C)C=C(c3ccccc3)C2=C1.CC1=PC2=C(C)C=C(c3ccccc3)C2=C1.[Cl-].[Cl-].[Zr+2]. The van der Waals surface area contributed by atoms with Crippen molar-refractivity contribution in [2.75, 3.05) is 0 Å². The Hall–Kier alpha value is -1.32. The summed E-state index contributed by atoms with van der Waals surface area (Å²) in [4.78, 5) is 0. The number of halogens is 2. The van der Waals surface area contributed by atoms with Gasteiger partial charge in [0.2, 0.25) is 0 Å². The minimum absolute atomic E-state index is 0. The summed E-state index contributed by atoms with van der Waals surface area (Å²) < 4.78 is 0. The quantitative estimate of drug-likeness (QED) is 0.460. The van der Waals surface area contributed by atoms with Gasteiger partial charge in [-0.25, -0.2) is 0 Å². The van der Waals surface area contributed by atoms with Crippen LogP contribution < -0.4 is 24.8 Å². The van der Waals surface area contributed by atoms with Gasteiger partial charge in [0.1, 0.15) is 0 Å². The number of fused-ring (bicyclic) bond motifs is 2. The Labute approximate surface area is 244 Å². The average molecular weight is 611 g/mol. The van der Waals surface area contributed by atoms with Crippen LogP contribution >= 0.6 is 16.4 Å². The number of allylic oxidation sites excluding steroid dienone is 12. The molecule has 0 bridgehead atoms. The maximum absolute atomic E-state index is 2.33. The van der Waals surface area contributed by atoms with E-state index in [0.29, 0.717) is 0 Å². The molecule has 0 N–H and O–H groups in total. The molecule has 0 saturated carbocycles. The maximum atomic E-state index is 2.33. The van der Waals surface area contributed by atoms with Crippen molar-refractivity contribution in [2.45, 2.75) is 27.7 Å². The van der Waals surface area contributed by atoms with Gasteiger partial charge in [0.25, 0.3) is 0 Å². The molecule has 2 heterocycles. The molecule has 2 aliphatic heterocycles. The second kappa shape index (κ2) is 12.8. The third-order valence-electron chi connectivity index (χ3n) is 6.01. The second-order valence-corrected chi connectivity index (χ2v) is 11.3. The van der Waals surface area contributed by atoms with Gasteiger partial charge in [0.05, 0.1) is 0 Å². The molecule has 0 amide bonds. The van der Waals surface area contributed by atoms with Gasteiger partial charge in [-0.05, 0) is 107 Å². The van der Waals surface area contributed by atoms with Crippen molar-refractivity contribution in [1.29, 1.82) is 0 Å². The van der Waals surface area contributed by atoms with Crippen LogP contribution in [0.5, 0.6) is 0 Å². The summed E-state index contributed by atoms with van der Waals surface area (Å²) in [6.07, 6.45) is 9.28. The number of rotatable bonds is 2. The summed E-state index contributed by atoms with van der Waals surface area (Å²) >= 11 is 0. The minimum atomic E-state index is 0. The Bertz CT molecular complexity index is 1260. The van der Waals surface area contributed by atoms with E-state index < -0.39 is 0 Å². The number of hydrogen-bond acceptors (Lipinski definition) is 0. The van der Waals surface area contributed by atoms with E-state index in [1.54, 1.807) is 0 Å². The van der Waals surface area contributed by atoms with Crippen molar-refractivity contribution in [3.8, 4) is 0 Å². The van der Waals surface area contributed by atoms with Crippen molar-refractivity contribution < 1.29 is 51.0 Å². The van der Waals surface area contributed by atoms with Crippen LogP contribution in [-0.2, 0) is 26.2 Å². The molecule has 0 saturated heterocycles. The first-order valence-electron chi connectivity index (χ1n) is 11.0. The van der Waals surface area contributed by atoms with E-state index in [0.717, 1.165) is 0 Å². The van der Waals surface area contributed by atoms with Crippen molar-refractivity contribution in [1.82, 2.24) is 0 Å². The van der Waals surface area contributed by atoms with Crippen LogP contribution in [0, 0.1) is 0 Å². The molecule has 0 unspecified atom stereocenters. The third kappa shape index (κ3) is 6.16.